The average Bonchev–Trinajstić information content (AvgIpc) is 2.94. The summed E-state index contributed by atoms with van der Waals surface area (Å²) in [5, 5.41) is 0. The highest BCUT2D eigenvalue weighted by molar-refractivity contribution is 9.10. The molecule has 2 rings (SSSR count). The Kier molecular flexibility index (Phi) is 5.79. The van der Waals surface area contributed by atoms with E-state index in [-0.39, 0.29) is 24.2 Å². The minimum Gasteiger partial charge on any atom is -0.364 e. The molecule has 1 aromatic rings. The van der Waals surface area contributed by atoms with Gasteiger partial charge in [0.15, 0.2) is 0 Å². The van der Waals surface area contributed by atoms with Crippen LogP contribution < -0.4 is 5.73 Å². The molecule has 0 aliphatic carbocycles. The van der Waals surface area contributed by atoms with Gasteiger partial charge in [-0.3, -0.25) is 4.79 Å². The maximum absolute atomic E-state index is 12.7. The molecule has 0 saturated carbocycles. The summed E-state index contributed by atoms with van der Waals surface area (Å²) in [4.78, 5) is 14.6. The number of nitrogens with two attached hydrogens (primary N) is 1. The number of nitrogens with zero attached hydrogens (tertiary/aromatic N) is 1. The van der Waals surface area contributed by atoms with Crippen molar-refractivity contribution in [3.8, 4) is 0 Å². The van der Waals surface area contributed by atoms with Crippen LogP contribution in [0.5, 0.6) is 0 Å². The van der Waals surface area contributed by atoms with Gasteiger partial charge >= 0.3 is 0 Å². The van der Waals surface area contributed by atoms with Gasteiger partial charge in [0.05, 0.1) is 6.10 Å². The minimum absolute atomic E-state index is 0.0284. The van der Waals surface area contributed by atoms with Gasteiger partial charge in [0, 0.05) is 23.6 Å². The zero-order valence-electron chi connectivity index (χ0n) is 12.6. The Hall–Kier alpha value is -0.910. The van der Waals surface area contributed by atoms with E-state index < -0.39 is 0 Å². The van der Waals surface area contributed by atoms with E-state index in [4.69, 9.17) is 10.5 Å². The van der Waals surface area contributed by atoms with E-state index in [1.807, 2.05) is 43.0 Å². The van der Waals surface area contributed by atoms with Crippen LogP contribution >= 0.6 is 15.9 Å². The summed E-state index contributed by atoms with van der Waals surface area (Å²) >= 11 is 3.43. The quantitative estimate of drug-likeness (QED) is 0.884. The Morgan fingerprint density at radius 3 is 2.57 bits per heavy atom. The summed E-state index contributed by atoms with van der Waals surface area (Å²) in [6.07, 6.45) is 1.33. The number of ether oxygens (including phenoxy) is 1. The van der Waals surface area contributed by atoms with E-state index in [2.05, 4.69) is 15.9 Å². The summed E-state index contributed by atoms with van der Waals surface area (Å²) in [5.41, 5.74) is 6.73. The highest BCUT2D eigenvalue weighted by atomic mass is 79.9. The Balaban J connectivity index is 2.04. The van der Waals surface area contributed by atoms with Gasteiger partial charge in [-0.15, -0.1) is 0 Å². The van der Waals surface area contributed by atoms with E-state index in [0.29, 0.717) is 13.1 Å². The molecule has 0 unspecified atom stereocenters. The molecule has 1 amide bonds. The van der Waals surface area contributed by atoms with Crippen molar-refractivity contribution in [1.29, 1.82) is 0 Å². The first-order chi connectivity index (χ1) is 10.0. The average molecular weight is 355 g/mol. The SMILES string of the molecule is CC(C)N(Cc1ccc(Br)cc1)C(=O)[C@@H]1CC[C@H](CN)O1. The van der Waals surface area contributed by atoms with Crippen LogP contribution in [0.3, 0.4) is 0 Å². The molecule has 2 N–H and O–H groups in total. The zero-order valence-corrected chi connectivity index (χ0v) is 14.2. The fourth-order valence-electron chi connectivity index (χ4n) is 2.55. The Morgan fingerprint density at radius 2 is 2.05 bits per heavy atom. The van der Waals surface area contributed by atoms with Gasteiger partial charge < -0.3 is 15.4 Å². The van der Waals surface area contributed by atoms with Gasteiger partial charge in [-0.05, 0) is 44.4 Å². The van der Waals surface area contributed by atoms with Crippen LogP contribution in [0.2, 0.25) is 0 Å². The first-order valence-electron chi connectivity index (χ1n) is 7.41. The van der Waals surface area contributed by atoms with Gasteiger partial charge in [-0.2, -0.15) is 0 Å². The molecule has 21 heavy (non-hydrogen) atoms. The fourth-order valence-corrected chi connectivity index (χ4v) is 2.81. The normalized spacial score (nSPS) is 21.8. The van der Waals surface area contributed by atoms with Gasteiger partial charge in [-0.25, -0.2) is 0 Å². The van der Waals surface area contributed by atoms with Crippen molar-refractivity contribution in [1.82, 2.24) is 4.90 Å². The molecule has 116 valence electrons. The molecular formula is C16H23BrN2O2. The van der Waals surface area contributed by atoms with Crippen molar-refractivity contribution in [2.24, 2.45) is 5.73 Å². The molecule has 1 aliphatic rings. The second-order valence-corrected chi connectivity index (χ2v) is 6.66. The number of hydrogen-bond acceptors (Lipinski definition) is 3. The molecule has 1 heterocycles. The molecule has 5 heteroatoms. The molecule has 4 nitrogen and oxygen atoms in total. The number of benzene rings is 1. The van der Waals surface area contributed by atoms with E-state index in [9.17, 15) is 4.79 Å². The van der Waals surface area contributed by atoms with Crippen molar-refractivity contribution >= 4 is 21.8 Å². The summed E-state index contributed by atoms with van der Waals surface area (Å²) in [6, 6.07) is 8.20. The smallest absolute Gasteiger partial charge is 0.252 e. The summed E-state index contributed by atoms with van der Waals surface area (Å²) in [5.74, 6) is 0.0730. The molecule has 0 bridgehead atoms. The third-order valence-corrected chi connectivity index (χ3v) is 4.35. The van der Waals surface area contributed by atoms with Gasteiger partial charge in [-0.1, -0.05) is 28.1 Å². The number of carbonyl (C=O) groups excluding carboxylic acids is 1. The molecule has 1 saturated heterocycles. The fraction of sp³-hybridized carbons (Fsp3) is 0.562. The first kappa shape index (κ1) is 16.5. The first-order valence-corrected chi connectivity index (χ1v) is 8.21. The summed E-state index contributed by atoms with van der Waals surface area (Å²) in [6.45, 7) is 5.16. The van der Waals surface area contributed by atoms with E-state index in [1.54, 1.807) is 0 Å². The lowest BCUT2D eigenvalue weighted by atomic mass is 10.1. The van der Waals surface area contributed by atoms with Gasteiger partial charge in [0.1, 0.15) is 6.10 Å². The maximum atomic E-state index is 12.7. The monoisotopic (exact) mass is 354 g/mol. The Morgan fingerprint density at radius 1 is 1.38 bits per heavy atom. The maximum Gasteiger partial charge on any atom is 0.252 e. The van der Waals surface area contributed by atoms with Crippen LogP contribution in [-0.4, -0.2) is 35.6 Å². The van der Waals surface area contributed by atoms with E-state index in [0.717, 1.165) is 22.9 Å². The van der Waals surface area contributed by atoms with Crippen LogP contribution in [0.25, 0.3) is 0 Å². The zero-order chi connectivity index (χ0) is 15.4. The van der Waals surface area contributed by atoms with E-state index in [1.165, 1.54) is 0 Å². The van der Waals surface area contributed by atoms with Gasteiger partial charge in [0.2, 0.25) is 0 Å². The largest absolute Gasteiger partial charge is 0.364 e. The summed E-state index contributed by atoms with van der Waals surface area (Å²) < 4.78 is 6.78. The van der Waals surface area contributed by atoms with Crippen LogP contribution in [0, 0.1) is 0 Å². The minimum atomic E-state index is -0.337. The number of amides is 1. The van der Waals surface area contributed by atoms with Crippen molar-refractivity contribution < 1.29 is 9.53 Å². The molecule has 1 aliphatic heterocycles. The van der Waals surface area contributed by atoms with E-state index >= 15 is 0 Å². The Labute approximate surface area is 134 Å². The lowest BCUT2D eigenvalue weighted by Crippen LogP contribution is -2.43. The molecule has 2 atom stereocenters. The van der Waals surface area contributed by atoms with Crippen molar-refractivity contribution in [3.63, 3.8) is 0 Å². The second-order valence-electron chi connectivity index (χ2n) is 5.75. The number of carbonyl (C=O) groups is 1. The molecule has 0 aromatic heterocycles. The predicted molar refractivity (Wildman–Crippen MR) is 86.8 cm³/mol. The highest BCUT2D eigenvalue weighted by Gasteiger charge is 2.33. The number of halogens is 1. The molecule has 1 fully saturated rings. The standard InChI is InChI=1S/C16H23BrN2O2/c1-11(2)19(10-12-3-5-13(17)6-4-12)16(20)15-8-7-14(9-18)21-15/h3-6,11,14-15H,7-10,18H2,1-2H3/t14-,15+/m1/s1. The van der Waals surface area contributed by atoms with Crippen LogP contribution in [0.4, 0.5) is 0 Å². The third kappa shape index (κ3) is 4.28. The number of hydrogen-bond donors (Lipinski definition) is 1. The Bertz CT molecular complexity index is 476. The topological polar surface area (TPSA) is 55.6 Å². The van der Waals surface area contributed by atoms with Crippen molar-refractivity contribution in [3.05, 3.63) is 34.3 Å². The van der Waals surface area contributed by atoms with Crippen molar-refractivity contribution in [2.45, 2.75) is 51.5 Å². The summed E-state index contributed by atoms with van der Waals surface area (Å²) in [7, 11) is 0. The predicted octanol–water partition coefficient (Wildman–Crippen LogP) is 2.69. The molecule has 1 aromatic carbocycles. The van der Waals surface area contributed by atoms with Gasteiger partial charge in [0.25, 0.3) is 5.91 Å². The lowest BCUT2D eigenvalue weighted by molar-refractivity contribution is -0.145. The molecule has 0 spiro atoms. The molecular weight excluding hydrogens is 332 g/mol. The third-order valence-electron chi connectivity index (χ3n) is 3.82. The lowest BCUT2D eigenvalue weighted by Gasteiger charge is -2.29. The second kappa shape index (κ2) is 7.38. The van der Waals surface area contributed by atoms with Crippen LogP contribution in [0.15, 0.2) is 28.7 Å². The van der Waals surface area contributed by atoms with Crippen molar-refractivity contribution in [2.75, 3.05) is 6.54 Å². The van der Waals surface area contributed by atoms with Crippen LogP contribution in [0.1, 0.15) is 32.3 Å². The van der Waals surface area contributed by atoms with Crippen LogP contribution in [-0.2, 0) is 16.1 Å². The molecule has 0 radical (unpaired) electrons. The number of rotatable bonds is 5. The highest BCUT2D eigenvalue weighted by Crippen LogP contribution is 2.23.